The quantitative estimate of drug-likeness (QED) is 0.405. The van der Waals surface area contributed by atoms with Crippen LogP contribution in [0.4, 0.5) is 16.5 Å². The Morgan fingerprint density at radius 1 is 1.03 bits per heavy atom. The number of para-hydroxylation sites is 1. The minimum Gasteiger partial charge on any atom is -0.494 e. The van der Waals surface area contributed by atoms with Gasteiger partial charge in [-0.25, -0.2) is 18.0 Å². The third kappa shape index (κ3) is 3.57. The van der Waals surface area contributed by atoms with Gasteiger partial charge in [0.15, 0.2) is 5.13 Å². The van der Waals surface area contributed by atoms with Crippen molar-refractivity contribution in [3.05, 3.63) is 71.7 Å². The van der Waals surface area contributed by atoms with E-state index >= 15 is 0 Å². The fraction of sp³-hybridized carbons (Fsp3) is 0.136. The van der Waals surface area contributed by atoms with Crippen LogP contribution in [0, 0.1) is 0 Å². The Morgan fingerprint density at radius 2 is 1.81 bits per heavy atom. The zero-order valence-corrected chi connectivity index (χ0v) is 18.5. The molecular formula is C22H20N4O4S2. The molecule has 4 aromatic rings. The number of nitrogens with zero attached hydrogens (tertiary/aromatic N) is 3. The summed E-state index contributed by atoms with van der Waals surface area (Å²) in [7, 11) is -3.79. The van der Waals surface area contributed by atoms with Crippen LogP contribution in [-0.2, 0) is 16.4 Å². The summed E-state index contributed by atoms with van der Waals surface area (Å²) in [5.74, 6) is -0.257. The summed E-state index contributed by atoms with van der Waals surface area (Å²) in [6.07, 6.45) is 3.41. The maximum atomic E-state index is 12.6. The molecule has 0 saturated carbocycles. The van der Waals surface area contributed by atoms with Crippen LogP contribution in [0.2, 0.25) is 0 Å². The summed E-state index contributed by atoms with van der Waals surface area (Å²) in [5.41, 5.74) is 3.12. The average Bonchev–Trinajstić information content (AvgIpc) is 3.40. The lowest BCUT2D eigenvalue weighted by Crippen LogP contribution is -2.24. The Kier molecular flexibility index (Phi) is 5.03. The number of aromatic nitrogens is 2. The monoisotopic (exact) mass is 468 g/mol. The van der Waals surface area contributed by atoms with Gasteiger partial charge in [0.2, 0.25) is 11.8 Å². The molecule has 5 rings (SSSR count). The molecule has 0 bridgehead atoms. The van der Waals surface area contributed by atoms with Crippen LogP contribution in [-0.4, -0.2) is 34.7 Å². The molecule has 164 valence electrons. The largest absolute Gasteiger partial charge is 0.494 e. The maximum absolute atomic E-state index is 12.6. The van der Waals surface area contributed by atoms with E-state index in [1.54, 1.807) is 5.38 Å². The Balaban J connectivity index is 1.47. The maximum Gasteiger partial charge on any atom is 0.263 e. The molecule has 0 unspecified atom stereocenters. The molecule has 0 fully saturated rings. The van der Waals surface area contributed by atoms with E-state index < -0.39 is 10.0 Å². The van der Waals surface area contributed by atoms with Crippen molar-refractivity contribution >= 4 is 37.9 Å². The molecule has 0 atom stereocenters. The van der Waals surface area contributed by atoms with Gasteiger partial charge in [0.25, 0.3) is 10.0 Å². The first kappa shape index (κ1) is 20.4. The first-order valence-corrected chi connectivity index (χ1v) is 12.3. The van der Waals surface area contributed by atoms with Crippen LogP contribution in [0.25, 0.3) is 5.69 Å². The van der Waals surface area contributed by atoms with E-state index in [0.29, 0.717) is 17.9 Å². The number of fused-ring (bicyclic) bond motifs is 1. The standard InChI is InChI=1S/C22H20N4O4S2/c27-20-14-19(25-12-3-5-15-4-1-2-6-18(15)25)21(28)26(20)16-7-9-17(10-8-16)32(29,30)24-22-23-11-13-31-22/h1-2,4,6-11,13-14,27-28H,3,5,12H2,(H,23,24). The van der Waals surface area contributed by atoms with Gasteiger partial charge in [0.1, 0.15) is 5.69 Å². The fourth-order valence-electron chi connectivity index (χ4n) is 3.93. The van der Waals surface area contributed by atoms with Crippen molar-refractivity contribution in [1.82, 2.24) is 9.55 Å². The number of thiazole rings is 1. The van der Waals surface area contributed by atoms with E-state index in [0.717, 1.165) is 18.5 Å². The van der Waals surface area contributed by atoms with Crippen LogP contribution in [0.3, 0.4) is 0 Å². The third-order valence-corrected chi connectivity index (χ3v) is 7.57. The Hall–Kier alpha value is -3.50. The fourth-order valence-corrected chi connectivity index (χ4v) is 5.72. The molecule has 2 aromatic heterocycles. The van der Waals surface area contributed by atoms with Crippen molar-refractivity contribution in [2.45, 2.75) is 17.7 Å². The summed E-state index contributed by atoms with van der Waals surface area (Å²) in [6.45, 7) is 0.716. The molecule has 1 aliphatic heterocycles. The molecule has 2 aromatic carbocycles. The van der Waals surface area contributed by atoms with E-state index in [1.807, 2.05) is 23.1 Å². The third-order valence-electron chi connectivity index (χ3n) is 5.40. The molecule has 1 aliphatic rings. The van der Waals surface area contributed by atoms with Crippen LogP contribution in [0.15, 0.2) is 71.1 Å². The minimum absolute atomic E-state index is 0.0489. The SMILES string of the molecule is O=S(=O)(Nc1nccs1)c1ccc(-n2c(O)cc(N3CCCc4ccccc43)c2O)cc1. The van der Waals surface area contributed by atoms with Crippen molar-refractivity contribution in [1.29, 1.82) is 0 Å². The van der Waals surface area contributed by atoms with E-state index in [1.165, 1.54) is 58.0 Å². The number of nitrogens with one attached hydrogen (secondary N) is 1. The van der Waals surface area contributed by atoms with Crippen LogP contribution < -0.4 is 9.62 Å². The van der Waals surface area contributed by atoms with E-state index in [-0.39, 0.29) is 21.8 Å². The van der Waals surface area contributed by atoms with Crippen LogP contribution in [0.5, 0.6) is 11.8 Å². The van der Waals surface area contributed by atoms with Crippen molar-refractivity contribution < 1.29 is 18.6 Å². The second-order valence-corrected chi connectivity index (χ2v) is 9.94. The predicted molar refractivity (Wildman–Crippen MR) is 124 cm³/mol. The number of aryl methyl sites for hydroxylation is 1. The van der Waals surface area contributed by atoms with Gasteiger partial charge in [-0.2, -0.15) is 0 Å². The second kappa shape index (κ2) is 7.88. The van der Waals surface area contributed by atoms with Gasteiger partial charge in [-0.05, 0) is 48.7 Å². The van der Waals surface area contributed by atoms with Gasteiger partial charge in [-0.3, -0.25) is 4.72 Å². The van der Waals surface area contributed by atoms with Gasteiger partial charge in [-0.1, -0.05) is 18.2 Å². The number of hydrogen-bond donors (Lipinski definition) is 3. The predicted octanol–water partition coefficient (Wildman–Crippen LogP) is 4.23. The molecule has 32 heavy (non-hydrogen) atoms. The molecule has 10 heteroatoms. The Labute approximate surface area is 189 Å². The van der Waals surface area contributed by atoms with Gasteiger partial charge in [-0.15, -0.1) is 11.3 Å². The highest BCUT2D eigenvalue weighted by Gasteiger charge is 2.25. The molecule has 0 spiro atoms. The smallest absolute Gasteiger partial charge is 0.263 e. The highest BCUT2D eigenvalue weighted by Crippen LogP contribution is 2.43. The summed E-state index contributed by atoms with van der Waals surface area (Å²) < 4.78 is 28.8. The number of hydrogen-bond acceptors (Lipinski definition) is 7. The average molecular weight is 469 g/mol. The molecular weight excluding hydrogens is 448 g/mol. The normalized spacial score (nSPS) is 13.7. The topological polar surface area (TPSA) is 108 Å². The summed E-state index contributed by atoms with van der Waals surface area (Å²) in [6, 6.07) is 15.4. The Bertz CT molecular complexity index is 1360. The lowest BCUT2D eigenvalue weighted by atomic mass is 10.0. The van der Waals surface area contributed by atoms with Gasteiger partial charge < -0.3 is 15.1 Å². The van der Waals surface area contributed by atoms with Gasteiger partial charge in [0.05, 0.1) is 10.6 Å². The zero-order valence-electron chi connectivity index (χ0n) is 16.8. The second-order valence-electron chi connectivity index (χ2n) is 7.37. The molecule has 0 saturated heterocycles. The number of anilines is 3. The molecule has 0 radical (unpaired) electrons. The molecule has 0 aliphatic carbocycles. The van der Waals surface area contributed by atoms with Crippen molar-refractivity contribution in [2.24, 2.45) is 0 Å². The number of aromatic hydroxyl groups is 2. The number of sulfonamides is 1. The van der Waals surface area contributed by atoms with Crippen LogP contribution >= 0.6 is 11.3 Å². The summed E-state index contributed by atoms with van der Waals surface area (Å²) in [5, 5.41) is 23.5. The number of rotatable bonds is 5. The van der Waals surface area contributed by atoms with Crippen LogP contribution in [0.1, 0.15) is 12.0 Å². The van der Waals surface area contributed by atoms with Crippen molar-refractivity contribution in [3.8, 4) is 17.4 Å². The first-order chi connectivity index (χ1) is 15.4. The Morgan fingerprint density at radius 3 is 2.56 bits per heavy atom. The zero-order chi connectivity index (χ0) is 22.3. The van der Waals surface area contributed by atoms with Gasteiger partial charge in [0, 0.05) is 29.9 Å². The lowest BCUT2D eigenvalue weighted by Gasteiger charge is -2.30. The first-order valence-electron chi connectivity index (χ1n) is 9.96. The molecule has 3 N–H and O–H groups in total. The van der Waals surface area contributed by atoms with Gasteiger partial charge >= 0.3 is 0 Å². The highest BCUT2D eigenvalue weighted by molar-refractivity contribution is 7.93. The highest BCUT2D eigenvalue weighted by atomic mass is 32.2. The molecule has 3 heterocycles. The summed E-state index contributed by atoms with van der Waals surface area (Å²) in [4.78, 5) is 5.97. The van der Waals surface area contributed by atoms with Crippen molar-refractivity contribution in [3.63, 3.8) is 0 Å². The number of benzene rings is 2. The summed E-state index contributed by atoms with van der Waals surface area (Å²) >= 11 is 1.18. The molecule has 0 amide bonds. The minimum atomic E-state index is -3.79. The molecule has 8 nitrogen and oxygen atoms in total. The van der Waals surface area contributed by atoms with Crippen molar-refractivity contribution in [2.75, 3.05) is 16.2 Å². The van der Waals surface area contributed by atoms with E-state index in [9.17, 15) is 18.6 Å². The van der Waals surface area contributed by atoms with E-state index in [4.69, 9.17) is 0 Å². The van der Waals surface area contributed by atoms with E-state index in [2.05, 4.69) is 15.8 Å². The lowest BCUT2D eigenvalue weighted by molar-refractivity contribution is 0.402.